The minimum absolute atomic E-state index is 0.314. The van der Waals surface area contributed by atoms with Crippen molar-refractivity contribution in [1.82, 2.24) is 20.3 Å². The lowest BCUT2D eigenvalue weighted by Gasteiger charge is -2.36. The summed E-state index contributed by atoms with van der Waals surface area (Å²) in [7, 11) is 1.49. The van der Waals surface area contributed by atoms with Crippen LogP contribution in [-0.2, 0) is 9.63 Å². The fourth-order valence-electron chi connectivity index (χ4n) is 4.06. The minimum atomic E-state index is -0.761. The molecule has 0 radical (unpaired) electrons. The third-order valence-electron chi connectivity index (χ3n) is 6.30. The maximum absolute atomic E-state index is 12.0. The Balaban J connectivity index is 1.63. The van der Waals surface area contributed by atoms with Crippen molar-refractivity contribution in [3.05, 3.63) is 30.1 Å². The lowest BCUT2D eigenvalue weighted by molar-refractivity contribution is -0.149. The smallest absolute Gasteiger partial charge is 0.321 e. The molecule has 2 amide bonds. The third kappa shape index (κ3) is 5.23. The number of nitrogens with one attached hydrogen (secondary N) is 2. The van der Waals surface area contributed by atoms with E-state index in [9.17, 15) is 14.7 Å². The highest BCUT2D eigenvalue weighted by Crippen LogP contribution is 2.35. The number of piperidine rings is 1. The number of hydrogen-bond donors (Lipinski definition) is 3. The summed E-state index contributed by atoms with van der Waals surface area (Å²) in [5, 5.41) is 19.5. The number of amides is 2. The van der Waals surface area contributed by atoms with Crippen LogP contribution in [0.1, 0.15) is 39.2 Å². The second kappa shape index (κ2) is 10.4. The van der Waals surface area contributed by atoms with Gasteiger partial charge in [-0.05, 0) is 51.3 Å². The van der Waals surface area contributed by atoms with Crippen LogP contribution in [0.4, 0.5) is 15.9 Å². The Morgan fingerprint density at radius 2 is 1.92 bits per heavy atom. The number of anilines is 2. The molecule has 3 aromatic rings. The summed E-state index contributed by atoms with van der Waals surface area (Å²) in [5.74, 6) is -0.185. The van der Waals surface area contributed by atoms with Gasteiger partial charge in [0.25, 0.3) is 0 Å². The van der Waals surface area contributed by atoms with Crippen LogP contribution in [0.15, 0.2) is 29.7 Å². The van der Waals surface area contributed by atoms with E-state index in [1.165, 1.54) is 18.4 Å². The van der Waals surface area contributed by atoms with Gasteiger partial charge in [0.05, 0.1) is 21.3 Å². The summed E-state index contributed by atoms with van der Waals surface area (Å²) in [6.07, 6.45) is 4.59. The van der Waals surface area contributed by atoms with E-state index in [1.807, 2.05) is 30.9 Å². The van der Waals surface area contributed by atoms with E-state index in [4.69, 9.17) is 4.84 Å². The number of carbonyl (C=O) groups is 2. The molecule has 1 aliphatic rings. The number of fused-ring (bicyclic) bond motifs is 1. The summed E-state index contributed by atoms with van der Waals surface area (Å²) in [4.78, 5) is 44.2. The number of urea groups is 1. The Bertz CT molecular complexity index is 1300. The topological polar surface area (TPSA) is 142 Å². The molecule has 0 bridgehead atoms. The average Bonchev–Trinajstić information content (AvgIpc) is 3.26. The molecule has 11 nitrogen and oxygen atoms in total. The lowest BCUT2D eigenvalue weighted by atomic mass is 9.80. The van der Waals surface area contributed by atoms with E-state index in [-0.39, 0.29) is 6.03 Å². The zero-order valence-corrected chi connectivity index (χ0v) is 21.5. The van der Waals surface area contributed by atoms with Gasteiger partial charge in [-0.3, -0.25) is 10.1 Å². The van der Waals surface area contributed by atoms with Crippen molar-refractivity contribution in [1.29, 1.82) is 0 Å². The van der Waals surface area contributed by atoms with Gasteiger partial charge in [0.1, 0.15) is 7.11 Å². The normalized spacial score (nSPS) is 15.6. The maximum atomic E-state index is 12.0. The number of nitrogens with zero attached hydrogens (tertiary/aromatic N) is 5. The zero-order valence-electron chi connectivity index (χ0n) is 20.7. The second-order valence-corrected chi connectivity index (χ2v) is 9.86. The first-order valence-corrected chi connectivity index (χ1v) is 12.4. The van der Waals surface area contributed by atoms with Gasteiger partial charge in [-0.1, -0.05) is 16.5 Å². The van der Waals surface area contributed by atoms with E-state index in [2.05, 4.69) is 30.7 Å². The fraction of sp³-hybridized carbons (Fsp3) is 0.417. The van der Waals surface area contributed by atoms with Gasteiger partial charge < -0.3 is 20.2 Å². The van der Waals surface area contributed by atoms with E-state index < -0.39 is 11.4 Å². The van der Waals surface area contributed by atoms with Gasteiger partial charge in [0.15, 0.2) is 5.13 Å². The predicted octanol–water partition coefficient (Wildman–Crippen LogP) is 3.96. The van der Waals surface area contributed by atoms with Crippen LogP contribution in [-0.4, -0.2) is 64.5 Å². The maximum Gasteiger partial charge on any atom is 0.321 e. The van der Waals surface area contributed by atoms with Crippen LogP contribution in [0.2, 0.25) is 0 Å². The third-order valence-corrected chi connectivity index (χ3v) is 7.32. The first-order valence-electron chi connectivity index (χ1n) is 11.6. The average molecular weight is 512 g/mol. The van der Waals surface area contributed by atoms with Crippen molar-refractivity contribution in [2.24, 2.45) is 10.6 Å². The highest BCUT2D eigenvalue weighted by atomic mass is 32.1. The number of thiazole rings is 1. The molecule has 36 heavy (non-hydrogen) atoms. The van der Waals surface area contributed by atoms with E-state index in [0.29, 0.717) is 54.8 Å². The number of benzene rings is 1. The molecule has 3 heterocycles. The molecule has 1 aliphatic heterocycles. The second-order valence-electron chi connectivity index (χ2n) is 8.86. The number of carboxylic acid groups (broad SMARTS) is 1. The molecule has 190 valence electrons. The van der Waals surface area contributed by atoms with Gasteiger partial charge in [0, 0.05) is 43.2 Å². The number of aromatic nitrogens is 3. The van der Waals surface area contributed by atoms with Crippen molar-refractivity contribution in [2.45, 2.75) is 33.6 Å². The number of hydrogen-bond acceptors (Lipinski definition) is 9. The van der Waals surface area contributed by atoms with Crippen molar-refractivity contribution < 1.29 is 19.5 Å². The van der Waals surface area contributed by atoms with Crippen molar-refractivity contribution in [3.63, 3.8) is 0 Å². The first-order chi connectivity index (χ1) is 17.2. The van der Waals surface area contributed by atoms with Gasteiger partial charge in [-0.2, -0.15) is 0 Å². The molecule has 0 saturated carbocycles. The SMILES string of the molecule is CCNC(=O)Nc1nc2cc(-c3cnc(N4CCC(C)(C(=O)O)CC4)nc3)cc(/C(C)=N/OC)c2s1. The molecule has 1 fully saturated rings. The molecule has 0 aliphatic carbocycles. The highest BCUT2D eigenvalue weighted by molar-refractivity contribution is 7.22. The van der Waals surface area contributed by atoms with E-state index >= 15 is 0 Å². The van der Waals surface area contributed by atoms with Crippen LogP contribution in [0.5, 0.6) is 0 Å². The molecule has 1 saturated heterocycles. The van der Waals surface area contributed by atoms with Crippen LogP contribution in [0.3, 0.4) is 0 Å². The molecule has 2 aromatic heterocycles. The number of carboxylic acids is 1. The Morgan fingerprint density at radius 1 is 1.22 bits per heavy atom. The monoisotopic (exact) mass is 511 g/mol. The summed E-state index contributed by atoms with van der Waals surface area (Å²) in [6, 6.07) is 3.59. The summed E-state index contributed by atoms with van der Waals surface area (Å²) in [6.45, 7) is 7.17. The van der Waals surface area contributed by atoms with E-state index in [0.717, 1.165) is 21.4 Å². The van der Waals surface area contributed by atoms with E-state index in [1.54, 1.807) is 19.3 Å². The number of carbonyl (C=O) groups excluding carboxylic acids is 1. The summed E-state index contributed by atoms with van der Waals surface area (Å²) < 4.78 is 0.871. The van der Waals surface area contributed by atoms with Gasteiger partial charge >= 0.3 is 12.0 Å². The molecule has 4 rings (SSSR count). The van der Waals surface area contributed by atoms with Crippen molar-refractivity contribution in [3.8, 4) is 11.1 Å². The van der Waals surface area contributed by atoms with Gasteiger partial charge in [0.2, 0.25) is 5.95 Å². The highest BCUT2D eigenvalue weighted by Gasteiger charge is 2.37. The molecule has 12 heteroatoms. The molecular weight excluding hydrogens is 482 g/mol. The molecule has 1 aromatic carbocycles. The first kappa shape index (κ1) is 25.3. The Hall–Kier alpha value is -3.80. The lowest BCUT2D eigenvalue weighted by Crippen LogP contribution is -2.43. The molecule has 0 atom stereocenters. The minimum Gasteiger partial charge on any atom is -0.481 e. The molecule has 0 unspecified atom stereocenters. The Labute approximate surface area is 212 Å². The largest absolute Gasteiger partial charge is 0.481 e. The number of rotatable bonds is 7. The zero-order chi connectivity index (χ0) is 25.9. The van der Waals surface area contributed by atoms with Gasteiger partial charge in [-0.15, -0.1) is 0 Å². The molecule has 3 N–H and O–H groups in total. The number of oxime groups is 1. The summed E-state index contributed by atoms with van der Waals surface area (Å²) >= 11 is 1.36. The Kier molecular flexibility index (Phi) is 7.34. The standard InChI is InChI=1S/C24H29N7O4S/c1-5-25-22(34)29-23-28-18-11-15(10-17(19(18)36-23)14(2)30-35-4)16-12-26-21(27-13-16)31-8-6-24(3,7-9-31)20(32)33/h10-13H,5-9H2,1-4H3,(H,32,33)(H2,25,28,29,34)/b30-14+. The summed E-state index contributed by atoms with van der Waals surface area (Å²) in [5.41, 5.74) is 3.15. The van der Waals surface area contributed by atoms with Crippen LogP contribution in [0.25, 0.3) is 21.3 Å². The van der Waals surface area contributed by atoms with Crippen LogP contribution in [0, 0.1) is 5.41 Å². The number of aliphatic carboxylic acids is 1. The van der Waals surface area contributed by atoms with Crippen molar-refractivity contribution >= 4 is 50.3 Å². The predicted molar refractivity (Wildman–Crippen MR) is 140 cm³/mol. The Morgan fingerprint density at radius 3 is 2.53 bits per heavy atom. The van der Waals surface area contributed by atoms with Gasteiger partial charge in [-0.25, -0.2) is 19.7 Å². The molecule has 0 spiro atoms. The molecular formula is C24H29N7O4S. The fourth-order valence-corrected chi connectivity index (χ4v) is 5.06. The quantitative estimate of drug-likeness (QED) is 0.320. The van der Waals surface area contributed by atoms with Crippen LogP contribution < -0.4 is 15.5 Å². The van der Waals surface area contributed by atoms with Crippen LogP contribution >= 0.6 is 11.3 Å². The van der Waals surface area contributed by atoms with Crippen molar-refractivity contribution in [2.75, 3.05) is 37.0 Å².